The summed E-state index contributed by atoms with van der Waals surface area (Å²) in [4.78, 5) is 28.3. The van der Waals surface area contributed by atoms with Gasteiger partial charge in [0.05, 0.1) is 11.6 Å². The fraction of sp³-hybridized carbons (Fsp3) is 0.556. The first-order valence-electron chi connectivity index (χ1n) is 8.56. The van der Waals surface area contributed by atoms with Crippen LogP contribution in [0, 0.1) is 0 Å². The standard InChI is InChI=1S/C18H25ClN2O3/c1-3-5-6-17(22)20-9-11-21(12-10-20)18(23)14-7-8-16(24-4-2)15(19)13-14/h7-8,13H,3-6,9-12H2,1-2H3. The van der Waals surface area contributed by atoms with Crippen molar-refractivity contribution in [1.29, 1.82) is 0 Å². The molecule has 0 aromatic heterocycles. The molecule has 24 heavy (non-hydrogen) atoms. The van der Waals surface area contributed by atoms with Crippen LogP contribution in [0.1, 0.15) is 43.5 Å². The third-order valence-corrected chi connectivity index (χ3v) is 4.44. The third kappa shape index (κ3) is 4.63. The summed E-state index contributed by atoms with van der Waals surface area (Å²) in [6.07, 6.45) is 2.53. The maximum Gasteiger partial charge on any atom is 0.254 e. The zero-order valence-electron chi connectivity index (χ0n) is 14.4. The quantitative estimate of drug-likeness (QED) is 0.789. The molecule has 1 aromatic carbocycles. The van der Waals surface area contributed by atoms with Gasteiger partial charge in [-0.3, -0.25) is 9.59 Å². The minimum Gasteiger partial charge on any atom is -0.492 e. The molecule has 0 atom stereocenters. The fourth-order valence-corrected chi connectivity index (χ4v) is 2.97. The van der Waals surface area contributed by atoms with E-state index >= 15 is 0 Å². The second kappa shape index (κ2) is 8.92. The van der Waals surface area contributed by atoms with Gasteiger partial charge >= 0.3 is 0 Å². The highest BCUT2D eigenvalue weighted by Crippen LogP contribution is 2.26. The largest absolute Gasteiger partial charge is 0.492 e. The third-order valence-electron chi connectivity index (χ3n) is 4.14. The van der Waals surface area contributed by atoms with Crippen LogP contribution in [-0.2, 0) is 4.79 Å². The number of amides is 2. The van der Waals surface area contributed by atoms with Crippen LogP contribution in [0.3, 0.4) is 0 Å². The van der Waals surface area contributed by atoms with Crippen molar-refractivity contribution in [2.75, 3.05) is 32.8 Å². The van der Waals surface area contributed by atoms with Gasteiger partial charge in [0.15, 0.2) is 0 Å². The lowest BCUT2D eigenvalue weighted by Crippen LogP contribution is -2.50. The van der Waals surface area contributed by atoms with Crippen LogP contribution in [-0.4, -0.2) is 54.4 Å². The molecule has 1 saturated heterocycles. The summed E-state index contributed by atoms with van der Waals surface area (Å²) >= 11 is 6.16. The highest BCUT2D eigenvalue weighted by Gasteiger charge is 2.24. The fourth-order valence-electron chi connectivity index (χ4n) is 2.73. The summed E-state index contributed by atoms with van der Waals surface area (Å²) in [5.41, 5.74) is 0.550. The molecule has 132 valence electrons. The van der Waals surface area contributed by atoms with Gasteiger partial charge in [-0.15, -0.1) is 0 Å². The summed E-state index contributed by atoms with van der Waals surface area (Å²) in [6, 6.07) is 5.11. The normalized spacial score (nSPS) is 14.6. The average molecular weight is 353 g/mol. The van der Waals surface area contributed by atoms with E-state index in [0.29, 0.717) is 55.5 Å². The van der Waals surface area contributed by atoms with Gasteiger partial charge in [-0.2, -0.15) is 0 Å². The first-order chi connectivity index (χ1) is 11.6. The topological polar surface area (TPSA) is 49.9 Å². The molecular formula is C18H25ClN2O3. The second-order valence-electron chi connectivity index (χ2n) is 5.85. The maximum atomic E-state index is 12.6. The molecular weight excluding hydrogens is 328 g/mol. The first kappa shape index (κ1) is 18.6. The van der Waals surface area contributed by atoms with E-state index in [0.717, 1.165) is 12.8 Å². The van der Waals surface area contributed by atoms with Crippen molar-refractivity contribution in [3.8, 4) is 5.75 Å². The number of hydrogen-bond donors (Lipinski definition) is 0. The Morgan fingerprint density at radius 1 is 1.12 bits per heavy atom. The predicted molar refractivity (Wildman–Crippen MR) is 94.6 cm³/mol. The van der Waals surface area contributed by atoms with Crippen molar-refractivity contribution in [2.24, 2.45) is 0 Å². The lowest BCUT2D eigenvalue weighted by molar-refractivity contribution is -0.132. The Balaban J connectivity index is 1.93. The van der Waals surface area contributed by atoms with E-state index in [1.54, 1.807) is 23.1 Å². The molecule has 0 N–H and O–H groups in total. The summed E-state index contributed by atoms with van der Waals surface area (Å²) < 4.78 is 5.39. The number of rotatable bonds is 6. The molecule has 0 spiro atoms. The highest BCUT2D eigenvalue weighted by atomic mass is 35.5. The molecule has 0 bridgehead atoms. The molecule has 1 heterocycles. The zero-order chi connectivity index (χ0) is 17.5. The van der Waals surface area contributed by atoms with Crippen LogP contribution >= 0.6 is 11.6 Å². The van der Waals surface area contributed by atoms with Crippen molar-refractivity contribution < 1.29 is 14.3 Å². The number of nitrogens with zero attached hydrogens (tertiary/aromatic N) is 2. The van der Waals surface area contributed by atoms with Crippen molar-refractivity contribution in [1.82, 2.24) is 9.80 Å². The van der Waals surface area contributed by atoms with E-state index in [2.05, 4.69) is 6.92 Å². The Kier molecular flexibility index (Phi) is 6.91. The van der Waals surface area contributed by atoms with Crippen LogP contribution in [0.15, 0.2) is 18.2 Å². The van der Waals surface area contributed by atoms with Crippen LogP contribution in [0.5, 0.6) is 5.75 Å². The number of halogens is 1. The predicted octanol–water partition coefficient (Wildman–Crippen LogP) is 3.21. The molecule has 2 rings (SSSR count). The molecule has 0 saturated carbocycles. The minimum absolute atomic E-state index is 0.0550. The lowest BCUT2D eigenvalue weighted by Gasteiger charge is -2.35. The minimum atomic E-state index is -0.0550. The van der Waals surface area contributed by atoms with Gasteiger partial charge in [-0.05, 0) is 31.5 Å². The van der Waals surface area contributed by atoms with Gasteiger partial charge in [-0.25, -0.2) is 0 Å². The monoisotopic (exact) mass is 352 g/mol. The number of carbonyl (C=O) groups is 2. The Bertz CT molecular complexity index is 584. The second-order valence-corrected chi connectivity index (χ2v) is 6.26. The molecule has 6 heteroatoms. The van der Waals surface area contributed by atoms with E-state index in [-0.39, 0.29) is 11.8 Å². The van der Waals surface area contributed by atoms with E-state index in [1.807, 2.05) is 11.8 Å². The van der Waals surface area contributed by atoms with Crippen LogP contribution in [0.2, 0.25) is 5.02 Å². The Hall–Kier alpha value is -1.75. The van der Waals surface area contributed by atoms with E-state index in [4.69, 9.17) is 16.3 Å². The van der Waals surface area contributed by atoms with Gasteiger partial charge < -0.3 is 14.5 Å². The number of hydrogen-bond acceptors (Lipinski definition) is 3. The Labute approximate surface area is 148 Å². The Morgan fingerprint density at radius 2 is 1.79 bits per heavy atom. The van der Waals surface area contributed by atoms with Crippen molar-refractivity contribution in [2.45, 2.75) is 33.1 Å². The van der Waals surface area contributed by atoms with Gasteiger partial charge in [0.25, 0.3) is 5.91 Å². The highest BCUT2D eigenvalue weighted by molar-refractivity contribution is 6.32. The van der Waals surface area contributed by atoms with Crippen LogP contribution in [0.25, 0.3) is 0 Å². The van der Waals surface area contributed by atoms with Crippen molar-refractivity contribution in [3.05, 3.63) is 28.8 Å². The molecule has 0 aliphatic carbocycles. The van der Waals surface area contributed by atoms with Gasteiger partial charge in [-0.1, -0.05) is 24.9 Å². The maximum absolute atomic E-state index is 12.6. The number of piperazine rings is 1. The molecule has 5 nitrogen and oxygen atoms in total. The summed E-state index contributed by atoms with van der Waals surface area (Å²) in [7, 11) is 0. The van der Waals surface area contributed by atoms with Gasteiger partial charge in [0, 0.05) is 38.2 Å². The molecule has 2 amide bonds. The average Bonchev–Trinajstić information content (AvgIpc) is 2.61. The van der Waals surface area contributed by atoms with E-state index in [1.165, 1.54) is 0 Å². The number of unbranched alkanes of at least 4 members (excludes halogenated alkanes) is 1. The number of carbonyl (C=O) groups excluding carboxylic acids is 2. The summed E-state index contributed by atoms with van der Waals surface area (Å²) in [5, 5.41) is 0.441. The van der Waals surface area contributed by atoms with Crippen LogP contribution < -0.4 is 4.74 Å². The van der Waals surface area contributed by atoms with Gasteiger partial charge in [0.2, 0.25) is 5.91 Å². The lowest BCUT2D eigenvalue weighted by atomic mass is 10.1. The molecule has 1 aliphatic rings. The van der Waals surface area contributed by atoms with Crippen LogP contribution in [0.4, 0.5) is 0 Å². The molecule has 0 unspecified atom stereocenters. The smallest absolute Gasteiger partial charge is 0.254 e. The zero-order valence-corrected chi connectivity index (χ0v) is 15.1. The molecule has 1 fully saturated rings. The number of ether oxygens (including phenoxy) is 1. The molecule has 1 aromatic rings. The van der Waals surface area contributed by atoms with Crippen molar-refractivity contribution >= 4 is 23.4 Å². The molecule has 0 radical (unpaired) electrons. The van der Waals surface area contributed by atoms with E-state index in [9.17, 15) is 9.59 Å². The van der Waals surface area contributed by atoms with Gasteiger partial charge in [0.1, 0.15) is 5.75 Å². The van der Waals surface area contributed by atoms with E-state index < -0.39 is 0 Å². The first-order valence-corrected chi connectivity index (χ1v) is 8.94. The summed E-state index contributed by atoms with van der Waals surface area (Å²) in [5.74, 6) is 0.718. The molecule has 1 aliphatic heterocycles. The Morgan fingerprint density at radius 3 is 2.38 bits per heavy atom. The summed E-state index contributed by atoms with van der Waals surface area (Å²) in [6.45, 7) is 6.80. The van der Waals surface area contributed by atoms with Crippen molar-refractivity contribution in [3.63, 3.8) is 0 Å². The SMILES string of the molecule is CCCCC(=O)N1CCN(C(=O)c2ccc(OCC)c(Cl)c2)CC1. The number of benzene rings is 1.